The van der Waals surface area contributed by atoms with Gasteiger partial charge in [0, 0.05) is 18.7 Å². The first-order valence-electron chi connectivity index (χ1n) is 8.36. The maximum atomic E-state index is 14.3. The lowest BCUT2D eigenvalue weighted by molar-refractivity contribution is 0.0654. The van der Waals surface area contributed by atoms with E-state index in [0.29, 0.717) is 5.56 Å². The van der Waals surface area contributed by atoms with Crippen molar-refractivity contribution in [3.05, 3.63) is 65.2 Å². The summed E-state index contributed by atoms with van der Waals surface area (Å²) in [5.41, 5.74) is 1.59. The fraction of sp³-hybridized carbons (Fsp3) is 0.400. The van der Waals surface area contributed by atoms with E-state index in [0.717, 1.165) is 37.3 Å². The fourth-order valence-electron chi connectivity index (χ4n) is 3.38. The third-order valence-electron chi connectivity index (χ3n) is 4.71. The summed E-state index contributed by atoms with van der Waals surface area (Å²) in [6, 6.07) is 11.9. The molecule has 0 bridgehead atoms. The number of benzene rings is 2. The molecule has 4 heteroatoms. The molecule has 1 saturated carbocycles. The Morgan fingerprint density at radius 1 is 1.00 bits per heavy atom. The van der Waals surface area contributed by atoms with Crippen LogP contribution < -0.4 is 4.74 Å². The molecule has 128 valence electrons. The van der Waals surface area contributed by atoms with Crippen LogP contribution in [0.3, 0.4) is 0 Å². The van der Waals surface area contributed by atoms with Crippen molar-refractivity contribution in [1.29, 1.82) is 0 Å². The van der Waals surface area contributed by atoms with Crippen molar-refractivity contribution >= 4 is 0 Å². The van der Waals surface area contributed by atoms with Gasteiger partial charge in [-0.1, -0.05) is 30.3 Å². The van der Waals surface area contributed by atoms with Crippen LogP contribution in [-0.2, 0) is 11.3 Å². The Hall–Kier alpha value is -1.94. The molecule has 0 radical (unpaired) electrons. The highest BCUT2D eigenvalue weighted by Crippen LogP contribution is 2.40. The van der Waals surface area contributed by atoms with E-state index in [4.69, 9.17) is 9.47 Å². The number of hydrogen-bond acceptors (Lipinski definition) is 2. The molecule has 3 rings (SSSR count). The molecule has 0 aliphatic heterocycles. The van der Waals surface area contributed by atoms with Crippen LogP contribution in [0.2, 0.25) is 0 Å². The molecule has 0 atom stereocenters. The van der Waals surface area contributed by atoms with E-state index in [2.05, 4.69) is 0 Å². The predicted molar refractivity (Wildman–Crippen MR) is 89.1 cm³/mol. The van der Waals surface area contributed by atoms with Crippen molar-refractivity contribution in [3.8, 4) is 5.75 Å². The number of hydrogen-bond donors (Lipinski definition) is 0. The van der Waals surface area contributed by atoms with Crippen LogP contribution in [0.4, 0.5) is 8.78 Å². The molecule has 2 aromatic carbocycles. The summed E-state index contributed by atoms with van der Waals surface area (Å²) < 4.78 is 39.2. The van der Waals surface area contributed by atoms with E-state index in [1.54, 1.807) is 7.11 Å². The van der Waals surface area contributed by atoms with E-state index in [1.807, 2.05) is 30.3 Å². The highest BCUT2D eigenvalue weighted by Gasteiger charge is 2.26. The quantitative estimate of drug-likeness (QED) is 0.748. The first-order chi connectivity index (χ1) is 11.7. The minimum absolute atomic E-state index is 0.104. The average Bonchev–Trinajstić information content (AvgIpc) is 2.61. The SMILES string of the molecule is COC1CCC(c2cc(F)cc(F)c2OCc2ccccc2)CC1. The van der Waals surface area contributed by atoms with E-state index in [9.17, 15) is 8.78 Å². The molecule has 0 N–H and O–H groups in total. The summed E-state index contributed by atoms with van der Waals surface area (Å²) in [6.07, 6.45) is 3.74. The van der Waals surface area contributed by atoms with Crippen molar-refractivity contribution in [2.45, 2.75) is 44.3 Å². The molecule has 1 aliphatic carbocycles. The van der Waals surface area contributed by atoms with Gasteiger partial charge < -0.3 is 9.47 Å². The van der Waals surface area contributed by atoms with Gasteiger partial charge in [0.15, 0.2) is 11.6 Å². The maximum absolute atomic E-state index is 14.3. The van der Waals surface area contributed by atoms with Gasteiger partial charge in [0.25, 0.3) is 0 Å². The minimum atomic E-state index is -0.630. The van der Waals surface area contributed by atoms with Gasteiger partial charge in [-0.15, -0.1) is 0 Å². The highest BCUT2D eigenvalue weighted by molar-refractivity contribution is 5.39. The first kappa shape index (κ1) is 16.9. The van der Waals surface area contributed by atoms with E-state index in [1.165, 1.54) is 6.07 Å². The fourth-order valence-corrected chi connectivity index (χ4v) is 3.38. The maximum Gasteiger partial charge on any atom is 0.168 e. The van der Waals surface area contributed by atoms with Crippen LogP contribution in [0.1, 0.15) is 42.7 Å². The van der Waals surface area contributed by atoms with Crippen molar-refractivity contribution < 1.29 is 18.3 Å². The molecule has 2 aromatic rings. The Labute approximate surface area is 141 Å². The number of ether oxygens (including phenoxy) is 2. The Morgan fingerprint density at radius 2 is 1.71 bits per heavy atom. The molecule has 1 aliphatic rings. The van der Waals surface area contributed by atoms with Crippen molar-refractivity contribution in [1.82, 2.24) is 0 Å². The molecule has 2 nitrogen and oxygen atoms in total. The van der Waals surface area contributed by atoms with Gasteiger partial charge in [-0.3, -0.25) is 0 Å². The zero-order chi connectivity index (χ0) is 16.9. The minimum Gasteiger partial charge on any atom is -0.486 e. The molecular weight excluding hydrogens is 310 g/mol. The van der Waals surface area contributed by atoms with Gasteiger partial charge in [-0.2, -0.15) is 0 Å². The van der Waals surface area contributed by atoms with Gasteiger partial charge >= 0.3 is 0 Å². The summed E-state index contributed by atoms with van der Waals surface area (Å²) >= 11 is 0. The molecule has 1 fully saturated rings. The lowest BCUT2D eigenvalue weighted by atomic mass is 9.82. The third-order valence-corrected chi connectivity index (χ3v) is 4.71. The Kier molecular flexibility index (Phi) is 5.46. The molecule has 24 heavy (non-hydrogen) atoms. The summed E-state index contributed by atoms with van der Waals surface area (Å²) in [7, 11) is 1.71. The standard InChI is InChI=1S/C20H22F2O2/c1-23-17-9-7-15(8-10-17)18-11-16(21)12-19(22)20(18)24-13-14-5-3-2-4-6-14/h2-6,11-12,15,17H,7-10,13H2,1H3. The summed E-state index contributed by atoms with van der Waals surface area (Å²) in [5, 5.41) is 0. The first-order valence-corrected chi connectivity index (χ1v) is 8.36. The Morgan fingerprint density at radius 3 is 2.38 bits per heavy atom. The monoisotopic (exact) mass is 332 g/mol. The highest BCUT2D eigenvalue weighted by atomic mass is 19.1. The summed E-state index contributed by atoms with van der Waals surface area (Å²) in [6.45, 7) is 0.268. The largest absolute Gasteiger partial charge is 0.486 e. The number of rotatable bonds is 5. The number of methoxy groups -OCH3 is 1. The second kappa shape index (κ2) is 7.75. The van der Waals surface area contributed by atoms with Crippen LogP contribution in [0.15, 0.2) is 42.5 Å². The molecule has 0 amide bonds. The second-order valence-corrected chi connectivity index (χ2v) is 6.29. The lowest BCUT2D eigenvalue weighted by Crippen LogP contribution is -2.20. The summed E-state index contributed by atoms with van der Waals surface area (Å²) in [4.78, 5) is 0. The number of halogens is 2. The van der Waals surface area contributed by atoms with Gasteiger partial charge in [-0.05, 0) is 43.2 Å². The average molecular weight is 332 g/mol. The van der Waals surface area contributed by atoms with E-state index < -0.39 is 11.6 Å². The van der Waals surface area contributed by atoms with Gasteiger partial charge in [0.05, 0.1) is 6.10 Å². The van der Waals surface area contributed by atoms with E-state index in [-0.39, 0.29) is 24.4 Å². The van der Waals surface area contributed by atoms with Crippen molar-refractivity contribution in [2.24, 2.45) is 0 Å². The van der Waals surface area contributed by atoms with Crippen LogP contribution in [0.5, 0.6) is 5.75 Å². The Balaban J connectivity index is 1.80. The smallest absolute Gasteiger partial charge is 0.168 e. The lowest BCUT2D eigenvalue weighted by Gasteiger charge is -2.29. The topological polar surface area (TPSA) is 18.5 Å². The van der Waals surface area contributed by atoms with Gasteiger partial charge in [0.2, 0.25) is 0 Å². The molecule has 0 saturated heterocycles. The molecule has 0 spiro atoms. The predicted octanol–water partition coefficient (Wildman–Crippen LogP) is 5.22. The third kappa shape index (κ3) is 3.93. The van der Waals surface area contributed by atoms with Gasteiger partial charge in [0.1, 0.15) is 12.4 Å². The van der Waals surface area contributed by atoms with E-state index >= 15 is 0 Å². The zero-order valence-electron chi connectivity index (χ0n) is 13.8. The molecule has 0 unspecified atom stereocenters. The molecule has 0 heterocycles. The van der Waals surface area contributed by atoms with Crippen molar-refractivity contribution in [2.75, 3.05) is 7.11 Å². The van der Waals surface area contributed by atoms with Crippen molar-refractivity contribution in [3.63, 3.8) is 0 Å². The molecule has 0 aromatic heterocycles. The van der Waals surface area contributed by atoms with Crippen LogP contribution in [0, 0.1) is 11.6 Å². The summed E-state index contributed by atoms with van der Waals surface area (Å²) in [5.74, 6) is -0.897. The van der Waals surface area contributed by atoms with Crippen LogP contribution in [0.25, 0.3) is 0 Å². The Bertz CT molecular complexity index is 665. The zero-order valence-corrected chi connectivity index (χ0v) is 13.8. The van der Waals surface area contributed by atoms with Crippen LogP contribution >= 0.6 is 0 Å². The normalized spacial score (nSPS) is 20.8. The second-order valence-electron chi connectivity index (χ2n) is 6.29. The molecular formula is C20H22F2O2. The van der Waals surface area contributed by atoms with Gasteiger partial charge in [-0.25, -0.2) is 8.78 Å². The van der Waals surface area contributed by atoms with Crippen LogP contribution in [-0.4, -0.2) is 13.2 Å².